The molecule has 100 valence electrons. The molecule has 0 aromatic carbocycles. The molecular weight excluding hydrogens is 240 g/mol. The van der Waals surface area contributed by atoms with Gasteiger partial charge in [-0.05, 0) is 19.8 Å². The summed E-state index contributed by atoms with van der Waals surface area (Å²) < 4.78 is 48.8. The first-order chi connectivity index (χ1) is 7.83. The van der Waals surface area contributed by atoms with E-state index in [9.17, 15) is 22.4 Å². The van der Waals surface area contributed by atoms with Crippen LogP contribution in [0.15, 0.2) is 0 Å². The Bertz CT molecular complexity index is 265. The number of amides is 1. The topological polar surface area (TPSA) is 41.1 Å². The van der Waals surface area contributed by atoms with Gasteiger partial charge >= 0.3 is 12.3 Å². The Balaban J connectivity index is 2.35. The lowest BCUT2D eigenvalue weighted by atomic mass is 9.95. The van der Waals surface area contributed by atoms with Gasteiger partial charge in [0.2, 0.25) is 5.91 Å². The van der Waals surface area contributed by atoms with Gasteiger partial charge in [0.1, 0.15) is 0 Å². The van der Waals surface area contributed by atoms with Crippen LogP contribution in [0.25, 0.3) is 0 Å². The van der Waals surface area contributed by atoms with Crippen molar-refractivity contribution in [2.45, 2.75) is 38.2 Å². The smallest absolute Gasteiger partial charge is 0.324 e. The minimum Gasteiger partial charge on any atom is -0.350 e. The third kappa shape index (κ3) is 4.14. The lowest BCUT2D eigenvalue weighted by molar-refractivity contribution is -0.139. The highest BCUT2D eigenvalue weighted by Gasteiger charge is 2.41. The molecular formula is C10H16F4N2O. The van der Waals surface area contributed by atoms with E-state index < -0.39 is 30.7 Å². The molecule has 1 fully saturated rings. The molecule has 1 heterocycles. The van der Waals surface area contributed by atoms with Crippen LogP contribution in [0.5, 0.6) is 0 Å². The van der Waals surface area contributed by atoms with Crippen molar-refractivity contribution in [3.8, 4) is 0 Å². The van der Waals surface area contributed by atoms with E-state index in [-0.39, 0.29) is 0 Å². The second-order valence-electron chi connectivity index (χ2n) is 4.36. The average Bonchev–Trinajstić information content (AvgIpc) is 2.27. The Morgan fingerprint density at radius 3 is 2.59 bits per heavy atom. The maximum absolute atomic E-state index is 12.6. The molecule has 0 aromatic rings. The third-order valence-corrected chi connectivity index (χ3v) is 2.85. The zero-order chi connectivity index (χ0) is 13.1. The van der Waals surface area contributed by atoms with Crippen LogP contribution in [0.2, 0.25) is 0 Å². The van der Waals surface area contributed by atoms with Crippen LogP contribution < -0.4 is 10.6 Å². The Morgan fingerprint density at radius 1 is 1.47 bits per heavy atom. The first kappa shape index (κ1) is 14.2. The van der Waals surface area contributed by atoms with Gasteiger partial charge in [-0.1, -0.05) is 0 Å². The quantitative estimate of drug-likeness (QED) is 0.746. The summed E-state index contributed by atoms with van der Waals surface area (Å²) in [5.74, 6) is -5.17. The summed E-state index contributed by atoms with van der Waals surface area (Å²) in [4.78, 5) is 11.4. The Labute approximate surface area is 96.9 Å². The van der Waals surface area contributed by atoms with Gasteiger partial charge in [0, 0.05) is 12.6 Å². The normalized spacial score (nSPS) is 26.0. The molecule has 1 aliphatic rings. The van der Waals surface area contributed by atoms with Gasteiger partial charge in [-0.2, -0.15) is 8.78 Å². The predicted molar refractivity (Wildman–Crippen MR) is 54.1 cm³/mol. The van der Waals surface area contributed by atoms with E-state index in [2.05, 4.69) is 5.32 Å². The SMILES string of the molecule is CC1CCC(C(=O)NCC(F)(F)C(F)F)CN1. The average molecular weight is 256 g/mol. The molecule has 2 unspecified atom stereocenters. The van der Waals surface area contributed by atoms with Crippen molar-refractivity contribution >= 4 is 5.91 Å². The number of carbonyl (C=O) groups is 1. The fourth-order valence-corrected chi connectivity index (χ4v) is 1.65. The predicted octanol–water partition coefficient (Wildman–Crippen LogP) is 1.39. The van der Waals surface area contributed by atoms with Crippen LogP contribution in [0, 0.1) is 5.92 Å². The van der Waals surface area contributed by atoms with Gasteiger partial charge < -0.3 is 10.6 Å². The van der Waals surface area contributed by atoms with E-state index in [0.29, 0.717) is 19.0 Å². The number of halogens is 4. The Morgan fingerprint density at radius 2 is 2.12 bits per heavy atom. The van der Waals surface area contributed by atoms with Crippen LogP contribution in [-0.2, 0) is 4.79 Å². The van der Waals surface area contributed by atoms with E-state index in [4.69, 9.17) is 0 Å². The molecule has 0 saturated carbocycles. The molecule has 3 nitrogen and oxygen atoms in total. The van der Waals surface area contributed by atoms with E-state index in [0.717, 1.165) is 6.42 Å². The van der Waals surface area contributed by atoms with Gasteiger partial charge in [0.15, 0.2) is 0 Å². The van der Waals surface area contributed by atoms with Crippen LogP contribution in [0.4, 0.5) is 17.6 Å². The molecule has 0 bridgehead atoms. The molecule has 2 N–H and O–H groups in total. The van der Waals surface area contributed by atoms with E-state index in [1.807, 2.05) is 12.2 Å². The molecule has 0 spiro atoms. The number of hydrogen-bond donors (Lipinski definition) is 2. The van der Waals surface area contributed by atoms with Crippen molar-refractivity contribution in [2.75, 3.05) is 13.1 Å². The van der Waals surface area contributed by atoms with Crippen LogP contribution in [0.3, 0.4) is 0 Å². The molecule has 1 saturated heterocycles. The van der Waals surface area contributed by atoms with Crippen LogP contribution >= 0.6 is 0 Å². The Hall–Kier alpha value is -0.850. The maximum atomic E-state index is 12.6. The minimum absolute atomic E-state index is 0.293. The third-order valence-electron chi connectivity index (χ3n) is 2.85. The van der Waals surface area contributed by atoms with Crippen LogP contribution in [0.1, 0.15) is 19.8 Å². The summed E-state index contributed by atoms with van der Waals surface area (Å²) in [6.07, 6.45) is -2.41. The van der Waals surface area contributed by atoms with E-state index in [1.54, 1.807) is 0 Å². The first-order valence-electron chi connectivity index (χ1n) is 5.50. The summed E-state index contributed by atoms with van der Waals surface area (Å²) in [7, 11) is 0. The lowest BCUT2D eigenvalue weighted by Gasteiger charge is -2.27. The highest BCUT2D eigenvalue weighted by atomic mass is 19.3. The van der Waals surface area contributed by atoms with E-state index >= 15 is 0 Å². The number of piperidine rings is 1. The fraction of sp³-hybridized carbons (Fsp3) is 0.900. The number of alkyl halides is 4. The number of nitrogens with one attached hydrogen (secondary N) is 2. The highest BCUT2D eigenvalue weighted by molar-refractivity contribution is 5.79. The van der Waals surface area contributed by atoms with E-state index in [1.165, 1.54) is 0 Å². The molecule has 7 heteroatoms. The molecule has 17 heavy (non-hydrogen) atoms. The van der Waals surface area contributed by atoms with Crippen LogP contribution in [-0.4, -0.2) is 37.4 Å². The lowest BCUT2D eigenvalue weighted by Crippen LogP contribution is -2.48. The number of rotatable bonds is 4. The zero-order valence-corrected chi connectivity index (χ0v) is 9.48. The van der Waals surface area contributed by atoms with Gasteiger partial charge in [0.25, 0.3) is 0 Å². The van der Waals surface area contributed by atoms with Crippen molar-refractivity contribution in [1.29, 1.82) is 0 Å². The highest BCUT2D eigenvalue weighted by Crippen LogP contribution is 2.22. The molecule has 1 amide bonds. The van der Waals surface area contributed by atoms with Crippen molar-refractivity contribution in [3.05, 3.63) is 0 Å². The fourth-order valence-electron chi connectivity index (χ4n) is 1.65. The van der Waals surface area contributed by atoms with Crippen molar-refractivity contribution in [1.82, 2.24) is 10.6 Å². The summed E-state index contributed by atoms with van der Waals surface area (Å²) in [5, 5.41) is 4.92. The summed E-state index contributed by atoms with van der Waals surface area (Å²) >= 11 is 0. The van der Waals surface area contributed by atoms with Crippen molar-refractivity contribution in [3.63, 3.8) is 0 Å². The van der Waals surface area contributed by atoms with Gasteiger partial charge in [-0.3, -0.25) is 4.79 Å². The second kappa shape index (κ2) is 5.66. The van der Waals surface area contributed by atoms with Gasteiger partial charge in [-0.15, -0.1) is 0 Å². The molecule has 0 aliphatic carbocycles. The molecule has 1 rings (SSSR count). The summed E-state index contributed by atoms with van der Waals surface area (Å²) in [5.41, 5.74) is 0. The summed E-state index contributed by atoms with van der Waals surface area (Å²) in [6, 6.07) is 0.293. The second-order valence-corrected chi connectivity index (χ2v) is 4.36. The number of carbonyl (C=O) groups excluding carboxylic acids is 1. The number of hydrogen-bond acceptors (Lipinski definition) is 2. The monoisotopic (exact) mass is 256 g/mol. The maximum Gasteiger partial charge on any atom is 0.324 e. The molecule has 2 atom stereocenters. The minimum atomic E-state index is -4.16. The molecule has 0 aromatic heterocycles. The molecule has 0 radical (unpaired) electrons. The standard InChI is InChI=1S/C10H16F4N2O/c1-6-2-3-7(4-15-6)8(17)16-5-10(13,14)9(11)12/h6-7,9,15H,2-5H2,1H3,(H,16,17). The zero-order valence-electron chi connectivity index (χ0n) is 9.48. The van der Waals surface area contributed by atoms with Gasteiger partial charge in [0.05, 0.1) is 12.5 Å². The van der Waals surface area contributed by atoms with Crippen molar-refractivity contribution < 1.29 is 22.4 Å². The summed E-state index contributed by atoms with van der Waals surface area (Å²) in [6.45, 7) is 1.04. The Kier molecular flexibility index (Phi) is 4.73. The first-order valence-corrected chi connectivity index (χ1v) is 5.50. The van der Waals surface area contributed by atoms with Crippen molar-refractivity contribution in [2.24, 2.45) is 5.92 Å². The van der Waals surface area contributed by atoms with Gasteiger partial charge in [-0.25, -0.2) is 8.78 Å². The largest absolute Gasteiger partial charge is 0.350 e. The molecule has 1 aliphatic heterocycles.